The van der Waals surface area contributed by atoms with E-state index in [1.54, 1.807) is 0 Å². The molecule has 2 aromatic carbocycles. The Morgan fingerprint density at radius 1 is 1.04 bits per heavy atom. The number of nitrogens with two attached hydrogens (primary N) is 1. The van der Waals surface area contributed by atoms with Crippen LogP contribution in [0.1, 0.15) is 17.3 Å². The Morgan fingerprint density at radius 2 is 1.56 bits per heavy atom. The van der Waals surface area contributed by atoms with Crippen LogP contribution in [0.25, 0.3) is 0 Å². The summed E-state index contributed by atoms with van der Waals surface area (Å²) in [6.07, 6.45) is -1.47. The number of hydrogen-bond acceptors (Lipinski definition) is 3. The summed E-state index contributed by atoms with van der Waals surface area (Å²) < 4.78 is 58.0. The van der Waals surface area contributed by atoms with E-state index in [2.05, 4.69) is 5.32 Å². The first-order chi connectivity index (χ1) is 11.7. The fraction of sp³-hybridized carbons (Fsp3) is 0.125. The van der Waals surface area contributed by atoms with Gasteiger partial charge in [-0.25, -0.2) is 8.78 Å². The number of nitrogens with one attached hydrogen (secondary N) is 1. The Kier molecular flexibility index (Phi) is 5.26. The van der Waals surface area contributed by atoms with Crippen LogP contribution in [-0.2, 0) is 4.79 Å². The van der Waals surface area contributed by atoms with Crippen LogP contribution in [0, 0.1) is 23.3 Å². The van der Waals surface area contributed by atoms with Crippen molar-refractivity contribution in [3.63, 3.8) is 0 Å². The third-order valence-electron chi connectivity index (χ3n) is 3.17. The topological polar surface area (TPSA) is 81.4 Å². The highest BCUT2D eigenvalue weighted by Crippen LogP contribution is 2.27. The van der Waals surface area contributed by atoms with Gasteiger partial charge in [-0.3, -0.25) is 9.59 Å². The Labute approximate surface area is 139 Å². The Hall–Kier alpha value is -3.10. The predicted octanol–water partition coefficient (Wildman–Crippen LogP) is 2.75. The van der Waals surface area contributed by atoms with E-state index in [0.717, 1.165) is 6.92 Å². The van der Waals surface area contributed by atoms with Gasteiger partial charge in [0.05, 0.1) is 0 Å². The summed E-state index contributed by atoms with van der Waals surface area (Å²) >= 11 is 0. The zero-order chi connectivity index (χ0) is 18.7. The van der Waals surface area contributed by atoms with E-state index in [4.69, 9.17) is 10.5 Å². The SMILES string of the molecule is C[C@@H](Oc1c(F)c(F)cc(F)c1F)C(=O)Nc1ccc(C(N)=O)cc1. The Morgan fingerprint density at radius 3 is 2.04 bits per heavy atom. The number of anilines is 1. The lowest BCUT2D eigenvalue weighted by molar-refractivity contribution is -0.122. The van der Waals surface area contributed by atoms with Crippen LogP contribution in [0.5, 0.6) is 5.75 Å². The van der Waals surface area contributed by atoms with Crippen molar-refractivity contribution in [2.45, 2.75) is 13.0 Å². The second-order valence-electron chi connectivity index (χ2n) is 4.99. The van der Waals surface area contributed by atoms with Gasteiger partial charge in [-0.1, -0.05) is 0 Å². The van der Waals surface area contributed by atoms with Gasteiger partial charge in [0, 0.05) is 17.3 Å². The molecule has 9 heteroatoms. The van der Waals surface area contributed by atoms with Crippen LogP contribution in [0.2, 0.25) is 0 Å². The molecule has 0 spiro atoms. The lowest BCUT2D eigenvalue weighted by Crippen LogP contribution is -2.31. The van der Waals surface area contributed by atoms with Gasteiger partial charge in [0.15, 0.2) is 23.5 Å². The molecule has 2 aromatic rings. The third kappa shape index (κ3) is 4.06. The maximum atomic E-state index is 13.5. The number of halogens is 4. The van der Waals surface area contributed by atoms with Crippen molar-refractivity contribution in [2.75, 3.05) is 5.32 Å². The van der Waals surface area contributed by atoms with Gasteiger partial charge in [0.25, 0.3) is 5.91 Å². The molecule has 2 amide bonds. The first-order valence-corrected chi connectivity index (χ1v) is 6.91. The molecule has 0 bridgehead atoms. The molecule has 0 fully saturated rings. The lowest BCUT2D eigenvalue weighted by atomic mass is 10.2. The number of benzene rings is 2. The summed E-state index contributed by atoms with van der Waals surface area (Å²) in [7, 11) is 0. The molecule has 2 rings (SSSR count). The largest absolute Gasteiger partial charge is 0.475 e. The van der Waals surface area contributed by atoms with Gasteiger partial charge in [-0.2, -0.15) is 8.78 Å². The second-order valence-corrected chi connectivity index (χ2v) is 4.99. The molecule has 0 unspecified atom stereocenters. The number of primary amides is 1. The van der Waals surface area contributed by atoms with E-state index in [1.165, 1.54) is 24.3 Å². The zero-order valence-corrected chi connectivity index (χ0v) is 12.8. The maximum Gasteiger partial charge on any atom is 0.265 e. The van der Waals surface area contributed by atoms with Crippen LogP contribution in [0.15, 0.2) is 30.3 Å². The van der Waals surface area contributed by atoms with Crippen LogP contribution >= 0.6 is 0 Å². The number of ether oxygens (including phenoxy) is 1. The van der Waals surface area contributed by atoms with E-state index in [0.29, 0.717) is 0 Å². The highest BCUT2D eigenvalue weighted by molar-refractivity contribution is 5.96. The van der Waals surface area contributed by atoms with Crippen molar-refractivity contribution < 1.29 is 31.9 Å². The Bertz CT molecular complexity index is 799. The van der Waals surface area contributed by atoms with Crippen molar-refractivity contribution in [1.82, 2.24) is 0 Å². The Balaban J connectivity index is 2.12. The highest BCUT2D eigenvalue weighted by Gasteiger charge is 2.25. The average molecular weight is 356 g/mol. The molecule has 25 heavy (non-hydrogen) atoms. The first kappa shape index (κ1) is 18.2. The van der Waals surface area contributed by atoms with E-state index in [9.17, 15) is 27.2 Å². The predicted molar refractivity (Wildman–Crippen MR) is 80.0 cm³/mol. The first-order valence-electron chi connectivity index (χ1n) is 6.91. The number of carbonyl (C=O) groups excluding carboxylic acids is 2. The molecule has 0 saturated carbocycles. The summed E-state index contributed by atoms with van der Waals surface area (Å²) in [4.78, 5) is 22.9. The molecule has 5 nitrogen and oxygen atoms in total. The van der Waals surface area contributed by atoms with E-state index < -0.39 is 46.9 Å². The van der Waals surface area contributed by atoms with Gasteiger partial charge in [-0.05, 0) is 31.2 Å². The van der Waals surface area contributed by atoms with Crippen molar-refractivity contribution in [1.29, 1.82) is 0 Å². The molecule has 0 heterocycles. The summed E-state index contributed by atoms with van der Waals surface area (Å²) in [6, 6.07) is 5.47. The van der Waals surface area contributed by atoms with Crippen LogP contribution in [0.4, 0.5) is 23.2 Å². The van der Waals surface area contributed by atoms with Crippen LogP contribution in [-0.4, -0.2) is 17.9 Å². The fourth-order valence-electron chi connectivity index (χ4n) is 1.85. The third-order valence-corrected chi connectivity index (χ3v) is 3.17. The van der Waals surface area contributed by atoms with E-state index in [1.807, 2.05) is 0 Å². The van der Waals surface area contributed by atoms with Gasteiger partial charge in [-0.15, -0.1) is 0 Å². The van der Waals surface area contributed by atoms with E-state index >= 15 is 0 Å². The summed E-state index contributed by atoms with van der Waals surface area (Å²) in [5.41, 5.74) is 5.53. The standard InChI is InChI=1S/C16H12F4N2O3/c1-7(25-14-12(19)10(17)6-11(18)13(14)20)16(24)22-9-4-2-8(3-5-9)15(21)23/h2-7H,1H3,(H2,21,23)(H,22,24)/t7-/m1/s1. The van der Waals surface area contributed by atoms with Crippen LogP contribution < -0.4 is 15.8 Å². The highest BCUT2D eigenvalue weighted by atomic mass is 19.2. The molecule has 0 aromatic heterocycles. The maximum absolute atomic E-state index is 13.5. The molecule has 132 valence electrons. The molecule has 3 N–H and O–H groups in total. The quantitative estimate of drug-likeness (QED) is 0.638. The number of amides is 2. The van der Waals surface area contributed by atoms with Gasteiger partial charge >= 0.3 is 0 Å². The molecule has 1 atom stereocenters. The molecule has 0 aliphatic carbocycles. The number of rotatable bonds is 5. The smallest absolute Gasteiger partial charge is 0.265 e. The second kappa shape index (κ2) is 7.20. The number of carbonyl (C=O) groups is 2. The minimum absolute atomic E-state index is 0.0303. The van der Waals surface area contributed by atoms with E-state index in [-0.39, 0.29) is 17.3 Å². The molecular weight excluding hydrogens is 344 g/mol. The molecule has 0 radical (unpaired) electrons. The average Bonchev–Trinajstić information content (AvgIpc) is 2.57. The van der Waals surface area contributed by atoms with Gasteiger partial charge < -0.3 is 15.8 Å². The van der Waals surface area contributed by atoms with Crippen molar-refractivity contribution in [3.05, 3.63) is 59.2 Å². The van der Waals surface area contributed by atoms with Gasteiger partial charge in [0.2, 0.25) is 17.5 Å². The molecular formula is C16H12F4N2O3. The minimum Gasteiger partial charge on any atom is -0.475 e. The molecule has 0 aliphatic rings. The normalized spacial score (nSPS) is 11.7. The van der Waals surface area contributed by atoms with Crippen molar-refractivity contribution in [2.24, 2.45) is 5.73 Å². The lowest BCUT2D eigenvalue weighted by Gasteiger charge is -2.16. The van der Waals surface area contributed by atoms with Crippen molar-refractivity contribution >= 4 is 17.5 Å². The monoisotopic (exact) mass is 356 g/mol. The fourth-order valence-corrected chi connectivity index (χ4v) is 1.85. The zero-order valence-electron chi connectivity index (χ0n) is 12.8. The molecule has 0 aliphatic heterocycles. The summed E-state index contributed by atoms with van der Waals surface area (Å²) in [6.45, 7) is 1.13. The summed E-state index contributed by atoms with van der Waals surface area (Å²) in [5, 5.41) is 2.35. The van der Waals surface area contributed by atoms with Gasteiger partial charge in [0.1, 0.15) is 0 Å². The summed E-state index contributed by atoms with van der Waals surface area (Å²) in [5.74, 6) is -9.62. The minimum atomic E-state index is -1.75. The molecule has 0 saturated heterocycles. The van der Waals surface area contributed by atoms with Crippen LogP contribution in [0.3, 0.4) is 0 Å². The number of hydrogen-bond donors (Lipinski definition) is 2. The van der Waals surface area contributed by atoms with Crippen molar-refractivity contribution in [3.8, 4) is 5.75 Å².